The van der Waals surface area contributed by atoms with Gasteiger partial charge in [-0.15, -0.1) is 0 Å². The van der Waals surface area contributed by atoms with Crippen LogP contribution < -0.4 is 0 Å². The van der Waals surface area contributed by atoms with E-state index in [0.717, 1.165) is 70.8 Å². The Bertz CT molecular complexity index is 370. The molecule has 0 unspecified atom stereocenters. The summed E-state index contributed by atoms with van der Waals surface area (Å²) in [5, 5.41) is 0. The molecule has 0 saturated carbocycles. The van der Waals surface area contributed by atoms with E-state index >= 15 is 0 Å². The molecule has 0 aliphatic rings. The third-order valence-corrected chi connectivity index (χ3v) is 4.68. The van der Waals surface area contributed by atoms with E-state index in [1.165, 1.54) is 12.8 Å². The third kappa shape index (κ3) is 18.3. The van der Waals surface area contributed by atoms with Crippen LogP contribution in [0.1, 0.15) is 111 Å². The molecule has 0 aliphatic heterocycles. The van der Waals surface area contributed by atoms with Crippen LogP contribution in [0.5, 0.6) is 0 Å². The number of hydrogen-bond acceptors (Lipinski definition) is 5. The first-order valence-corrected chi connectivity index (χ1v) is 11.6. The van der Waals surface area contributed by atoms with E-state index in [1.54, 1.807) is 0 Å². The second kappa shape index (κ2) is 20.6. The SMILES string of the molecule is CCCCCCOC(=O)CCCC[C@H](CCOCCCC)OC(=O)CCCC. The molecular formula is C23H44O5. The van der Waals surface area contributed by atoms with E-state index in [4.69, 9.17) is 14.2 Å². The quantitative estimate of drug-likeness (QED) is 0.186. The fraction of sp³-hybridized carbons (Fsp3) is 0.913. The van der Waals surface area contributed by atoms with Crippen molar-refractivity contribution in [1.82, 2.24) is 0 Å². The van der Waals surface area contributed by atoms with Gasteiger partial charge in [0.15, 0.2) is 0 Å². The van der Waals surface area contributed by atoms with Crippen molar-refractivity contribution in [1.29, 1.82) is 0 Å². The molecule has 0 amide bonds. The lowest BCUT2D eigenvalue weighted by molar-refractivity contribution is -0.151. The molecular weight excluding hydrogens is 356 g/mol. The lowest BCUT2D eigenvalue weighted by Crippen LogP contribution is -2.20. The van der Waals surface area contributed by atoms with Crippen LogP contribution in [0.3, 0.4) is 0 Å². The second-order valence-electron chi connectivity index (χ2n) is 7.50. The topological polar surface area (TPSA) is 61.8 Å². The summed E-state index contributed by atoms with van der Waals surface area (Å²) < 4.78 is 16.5. The van der Waals surface area contributed by atoms with Crippen molar-refractivity contribution in [3.8, 4) is 0 Å². The standard InChI is InChI=1S/C23H44O5/c1-4-7-10-13-19-27-22(24)16-12-11-14-21(17-20-26-18-9-6-3)28-23(25)15-8-5-2/h21H,4-20H2,1-3H3/t21-/m1/s1. The van der Waals surface area contributed by atoms with Gasteiger partial charge in [0.2, 0.25) is 0 Å². The van der Waals surface area contributed by atoms with E-state index in [9.17, 15) is 9.59 Å². The molecule has 0 heterocycles. The Balaban J connectivity index is 3.99. The summed E-state index contributed by atoms with van der Waals surface area (Å²) in [6.07, 6.45) is 12.4. The molecule has 5 nitrogen and oxygen atoms in total. The Morgan fingerprint density at radius 3 is 2.07 bits per heavy atom. The average molecular weight is 401 g/mol. The Morgan fingerprint density at radius 1 is 0.643 bits per heavy atom. The van der Waals surface area contributed by atoms with Crippen molar-refractivity contribution in [2.75, 3.05) is 19.8 Å². The first-order chi connectivity index (χ1) is 13.6. The van der Waals surface area contributed by atoms with Crippen molar-refractivity contribution in [3.63, 3.8) is 0 Å². The van der Waals surface area contributed by atoms with E-state index in [0.29, 0.717) is 26.1 Å². The minimum Gasteiger partial charge on any atom is -0.466 e. The zero-order valence-electron chi connectivity index (χ0n) is 18.6. The minimum atomic E-state index is -0.119. The Morgan fingerprint density at radius 2 is 1.36 bits per heavy atom. The Hall–Kier alpha value is -1.10. The lowest BCUT2D eigenvalue weighted by Gasteiger charge is -2.18. The first kappa shape index (κ1) is 26.9. The van der Waals surface area contributed by atoms with Gasteiger partial charge in [-0.25, -0.2) is 0 Å². The maximum Gasteiger partial charge on any atom is 0.306 e. The molecule has 5 heteroatoms. The van der Waals surface area contributed by atoms with Gasteiger partial charge in [0, 0.05) is 25.9 Å². The zero-order chi connectivity index (χ0) is 20.9. The van der Waals surface area contributed by atoms with Gasteiger partial charge in [-0.1, -0.05) is 52.9 Å². The Labute approximate surface area is 172 Å². The van der Waals surface area contributed by atoms with Gasteiger partial charge < -0.3 is 14.2 Å². The lowest BCUT2D eigenvalue weighted by atomic mass is 10.1. The zero-order valence-corrected chi connectivity index (χ0v) is 18.6. The van der Waals surface area contributed by atoms with Crippen molar-refractivity contribution in [2.24, 2.45) is 0 Å². The highest BCUT2D eigenvalue weighted by Gasteiger charge is 2.15. The highest BCUT2D eigenvalue weighted by Crippen LogP contribution is 2.13. The normalized spacial score (nSPS) is 12.0. The summed E-state index contributed by atoms with van der Waals surface area (Å²) in [6, 6.07) is 0. The summed E-state index contributed by atoms with van der Waals surface area (Å²) in [5.74, 6) is -0.234. The number of esters is 2. The van der Waals surface area contributed by atoms with Crippen LogP contribution in [0.4, 0.5) is 0 Å². The van der Waals surface area contributed by atoms with Crippen LogP contribution in [0.15, 0.2) is 0 Å². The molecule has 0 aromatic heterocycles. The molecule has 0 spiro atoms. The maximum atomic E-state index is 11.9. The van der Waals surface area contributed by atoms with Crippen molar-refractivity contribution in [3.05, 3.63) is 0 Å². The number of rotatable bonds is 20. The summed E-state index contributed by atoms with van der Waals surface area (Å²) in [6.45, 7) is 8.28. The fourth-order valence-corrected chi connectivity index (χ4v) is 2.82. The van der Waals surface area contributed by atoms with Crippen LogP contribution in [0.2, 0.25) is 0 Å². The van der Waals surface area contributed by atoms with Crippen molar-refractivity contribution < 1.29 is 23.8 Å². The molecule has 28 heavy (non-hydrogen) atoms. The summed E-state index contributed by atoms with van der Waals surface area (Å²) in [7, 11) is 0. The largest absolute Gasteiger partial charge is 0.466 e. The first-order valence-electron chi connectivity index (χ1n) is 11.6. The molecule has 0 aliphatic carbocycles. The number of unbranched alkanes of at least 4 members (excludes halogenated alkanes) is 6. The molecule has 0 saturated heterocycles. The van der Waals surface area contributed by atoms with Gasteiger partial charge in [0.25, 0.3) is 0 Å². The van der Waals surface area contributed by atoms with Gasteiger partial charge in [-0.2, -0.15) is 0 Å². The van der Waals surface area contributed by atoms with Crippen LogP contribution in [-0.2, 0) is 23.8 Å². The molecule has 0 radical (unpaired) electrons. The molecule has 166 valence electrons. The van der Waals surface area contributed by atoms with Gasteiger partial charge in [-0.3, -0.25) is 9.59 Å². The number of ether oxygens (including phenoxy) is 3. The van der Waals surface area contributed by atoms with Crippen LogP contribution in [-0.4, -0.2) is 37.9 Å². The summed E-state index contributed by atoms with van der Waals surface area (Å²) in [5.41, 5.74) is 0. The Kier molecular flexibility index (Phi) is 19.8. The van der Waals surface area contributed by atoms with Crippen LogP contribution in [0.25, 0.3) is 0 Å². The molecule has 0 fully saturated rings. The van der Waals surface area contributed by atoms with Gasteiger partial charge in [0.1, 0.15) is 6.10 Å². The minimum absolute atomic E-state index is 0.115. The molecule has 0 N–H and O–H groups in total. The van der Waals surface area contributed by atoms with Crippen molar-refractivity contribution >= 4 is 11.9 Å². The van der Waals surface area contributed by atoms with Crippen LogP contribution >= 0.6 is 0 Å². The van der Waals surface area contributed by atoms with Crippen LogP contribution in [0, 0.1) is 0 Å². The van der Waals surface area contributed by atoms with Gasteiger partial charge in [0.05, 0.1) is 13.2 Å². The smallest absolute Gasteiger partial charge is 0.306 e. The third-order valence-electron chi connectivity index (χ3n) is 4.68. The molecule has 0 aromatic rings. The molecule has 0 rings (SSSR count). The second-order valence-corrected chi connectivity index (χ2v) is 7.50. The summed E-state index contributed by atoms with van der Waals surface area (Å²) >= 11 is 0. The molecule has 0 bridgehead atoms. The van der Waals surface area contributed by atoms with Crippen molar-refractivity contribution in [2.45, 2.75) is 117 Å². The maximum absolute atomic E-state index is 11.9. The van der Waals surface area contributed by atoms with E-state index in [1.807, 2.05) is 0 Å². The number of carbonyl (C=O) groups is 2. The number of carbonyl (C=O) groups excluding carboxylic acids is 2. The van der Waals surface area contributed by atoms with E-state index < -0.39 is 0 Å². The number of hydrogen-bond donors (Lipinski definition) is 0. The van der Waals surface area contributed by atoms with E-state index in [2.05, 4.69) is 20.8 Å². The molecule has 1 atom stereocenters. The predicted octanol–water partition coefficient (Wildman–Crippen LogP) is 5.98. The monoisotopic (exact) mass is 400 g/mol. The van der Waals surface area contributed by atoms with Gasteiger partial charge in [-0.05, 0) is 38.5 Å². The summed E-state index contributed by atoms with van der Waals surface area (Å²) in [4.78, 5) is 23.7. The fourth-order valence-electron chi connectivity index (χ4n) is 2.82. The van der Waals surface area contributed by atoms with E-state index in [-0.39, 0.29) is 18.0 Å². The predicted molar refractivity (Wildman–Crippen MR) is 113 cm³/mol. The van der Waals surface area contributed by atoms with Gasteiger partial charge >= 0.3 is 11.9 Å². The highest BCUT2D eigenvalue weighted by molar-refractivity contribution is 5.69. The average Bonchev–Trinajstić information content (AvgIpc) is 2.69. The molecule has 0 aromatic carbocycles. The highest BCUT2D eigenvalue weighted by atomic mass is 16.5.